The second-order valence-electron chi connectivity index (χ2n) is 4.94. The van der Waals surface area contributed by atoms with E-state index in [1.807, 2.05) is 0 Å². The predicted octanol–water partition coefficient (Wildman–Crippen LogP) is 0.357. The third kappa shape index (κ3) is 8.55. The van der Waals surface area contributed by atoms with Gasteiger partial charge in [0.05, 0.1) is 0 Å². The SMILES string of the molecule is FC(F)(F)COC(c1c[c-]cc(C(F)(F)F)c1)(C(F)(F)F)C(F)(F)F.OB(O)O.[Li+]. The van der Waals surface area contributed by atoms with E-state index in [9.17, 15) is 52.7 Å². The fourth-order valence-corrected chi connectivity index (χ4v) is 1.76. The van der Waals surface area contributed by atoms with E-state index in [2.05, 4.69) is 4.74 Å². The predicted molar refractivity (Wildman–Crippen MR) is 68.5 cm³/mol. The van der Waals surface area contributed by atoms with Crippen LogP contribution in [0.15, 0.2) is 18.2 Å². The summed E-state index contributed by atoms with van der Waals surface area (Å²) in [4.78, 5) is 0. The molecule has 0 amide bonds. The first-order chi connectivity index (χ1) is 12.6. The van der Waals surface area contributed by atoms with E-state index < -0.39 is 61.4 Å². The summed E-state index contributed by atoms with van der Waals surface area (Å²) in [6, 6.07) is 0.671. The zero-order valence-corrected chi connectivity index (χ0v) is 14.3. The standard InChI is InChI=1S/C12H5F12O.BH3O3.Li/c13-8(14,15)5-25-9(11(19,20)21,12(22,23)24)6-2-1-3-7(4-6)10(16,17)18;2-1(3)4;/h2-4H,5H2;2-4H;/q-1;;+1. The van der Waals surface area contributed by atoms with Gasteiger partial charge >= 0.3 is 50.9 Å². The van der Waals surface area contributed by atoms with Gasteiger partial charge in [0.2, 0.25) is 5.60 Å². The van der Waals surface area contributed by atoms with Crippen molar-refractivity contribution in [3.8, 4) is 0 Å². The molecular formula is C12H8BF12LiO4. The van der Waals surface area contributed by atoms with Gasteiger partial charge in [0.15, 0.2) is 0 Å². The molecule has 30 heavy (non-hydrogen) atoms. The number of alkyl halides is 12. The summed E-state index contributed by atoms with van der Waals surface area (Å²) < 4.78 is 155. The summed E-state index contributed by atoms with van der Waals surface area (Å²) in [7, 11) is -2.17. The average Bonchev–Trinajstić information content (AvgIpc) is 2.42. The van der Waals surface area contributed by atoms with Gasteiger partial charge in [0, 0.05) is 0 Å². The molecule has 0 saturated carbocycles. The molecule has 1 rings (SSSR count). The van der Waals surface area contributed by atoms with E-state index in [1.165, 1.54) is 6.07 Å². The van der Waals surface area contributed by atoms with Crippen molar-refractivity contribution >= 4 is 7.32 Å². The van der Waals surface area contributed by atoms with Crippen LogP contribution in [0, 0.1) is 6.07 Å². The number of hydrogen-bond acceptors (Lipinski definition) is 4. The van der Waals surface area contributed by atoms with Crippen LogP contribution >= 0.6 is 0 Å². The first-order valence-corrected chi connectivity index (χ1v) is 6.62. The Labute approximate surface area is 171 Å². The number of halogens is 12. The normalized spacial score (nSPS) is 13.2. The second kappa shape index (κ2) is 10.5. The molecule has 0 aliphatic rings. The molecule has 0 unspecified atom stereocenters. The van der Waals surface area contributed by atoms with Gasteiger partial charge in [-0.05, 0) is 0 Å². The summed E-state index contributed by atoms with van der Waals surface area (Å²) in [5.41, 5.74) is -9.82. The van der Waals surface area contributed by atoms with Gasteiger partial charge in [-0.25, -0.2) is 0 Å². The maximum absolute atomic E-state index is 13.1. The van der Waals surface area contributed by atoms with Crippen LogP contribution in [0.2, 0.25) is 0 Å². The van der Waals surface area contributed by atoms with Crippen LogP contribution in [0.25, 0.3) is 0 Å². The van der Waals surface area contributed by atoms with Crippen LogP contribution in [0.1, 0.15) is 11.1 Å². The largest absolute Gasteiger partial charge is 1.00 e. The summed E-state index contributed by atoms with van der Waals surface area (Å²) in [5, 5.41) is 21.5. The molecule has 1 aromatic carbocycles. The Bertz CT molecular complexity index is 640. The van der Waals surface area contributed by atoms with Crippen LogP contribution in [-0.2, 0) is 16.5 Å². The molecule has 0 heterocycles. The van der Waals surface area contributed by atoms with Crippen LogP contribution < -0.4 is 18.9 Å². The third-order valence-corrected chi connectivity index (χ3v) is 2.77. The van der Waals surface area contributed by atoms with Crippen LogP contribution in [0.4, 0.5) is 52.7 Å². The molecule has 3 N–H and O–H groups in total. The Hall–Kier alpha value is -1.12. The molecule has 0 saturated heterocycles. The molecule has 168 valence electrons. The molecule has 4 nitrogen and oxygen atoms in total. The third-order valence-electron chi connectivity index (χ3n) is 2.77. The van der Waals surface area contributed by atoms with Crippen molar-refractivity contribution in [1.82, 2.24) is 0 Å². The summed E-state index contributed by atoms with van der Waals surface area (Å²) in [6.45, 7) is -3.00. The van der Waals surface area contributed by atoms with E-state index in [0.717, 1.165) is 0 Å². The maximum atomic E-state index is 13.1. The van der Waals surface area contributed by atoms with Gasteiger partial charge in [-0.1, -0.05) is 5.56 Å². The number of benzene rings is 1. The van der Waals surface area contributed by atoms with E-state index >= 15 is 0 Å². The first kappa shape index (κ1) is 31.1. The minimum atomic E-state index is -6.55. The van der Waals surface area contributed by atoms with Crippen molar-refractivity contribution in [3.63, 3.8) is 0 Å². The Morgan fingerprint density at radius 3 is 1.43 bits per heavy atom. The second-order valence-corrected chi connectivity index (χ2v) is 4.94. The van der Waals surface area contributed by atoms with Gasteiger partial charge in [-0.15, -0.1) is 5.56 Å². The zero-order valence-electron chi connectivity index (χ0n) is 14.3. The van der Waals surface area contributed by atoms with E-state index in [1.54, 1.807) is 0 Å². The molecule has 0 aromatic heterocycles. The van der Waals surface area contributed by atoms with Gasteiger partial charge in [0.1, 0.15) is 6.61 Å². The van der Waals surface area contributed by atoms with Crippen molar-refractivity contribution in [2.75, 3.05) is 6.61 Å². The topological polar surface area (TPSA) is 69.9 Å². The van der Waals surface area contributed by atoms with Crippen molar-refractivity contribution < 1.29 is 91.4 Å². The number of hydrogen-bond donors (Lipinski definition) is 3. The molecule has 0 radical (unpaired) electrons. The van der Waals surface area contributed by atoms with Gasteiger partial charge in [-0.3, -0.25) is 0 Å². The maximum Gasteiger partial charge on any atom is 1.00 e. The number of rotatable bonds is 3. The quantitative estimate of drug-likeness (QED) is 0.345. The molecule has 0 aliphatic carbocycles. The Balaban J connectivity index is 0. The molecule has 0 bridgehead atoms. The van der Waals surface area contributed by atoms with Crippen LogP contribution in [-0.4, -0.2) is 47.5 Å². The molecule has 0 spiro atoms. The van der Waals surface area contributed by atoms with Crippen LogP contribution in [0.5, 0.6) is 0 Å². The average molecular weight is 462 g/mol. The number of ether oxygens (including phenoxy) is 1. The van der Waals surface area contributed by atoms with Gasteiger partial charge in [-0.2, -0.15) is 77.0 Å². The summed E-state index contributed by atoms with van der Waals surface area (Å²) in [6.07, 6.45) is -24.1. The first-order valence-electron chi connectivity index (χ1n) is 6.62. The van der Waals surface area contributed by atoms with E-state index in [-0.39, 0.29) is 31.0 Å². The van der Waals surface area contributed by atoms with Crippen molar-refractivity contribution in [2.24, 2.45) is 0 Å². The van der Waals surface area contributed by atoms with Crippen molar-refractivity contribution in [1.29, 1.82) is 0 Å². The van der Waals surface area contributed by atoms with Gasteiger partial charge in [0.25, 0.3) is 0 Å². The fraction of sp³-hybridized carbons (Fsp3) is 0.500. The summed E-state index contributed by atoms with van der Waals surface area (Å²) >= 11 is 0. The molecular weight excluding hydrogens is 454 g/mol. The molecule has 1 aromatic rings. The smallest absolute Gasteiger partial charge is 0.402 e. The van der Waals surface area contributed by atoms with E-state index in [0.29, 0.717) is 0 Å². The molecule has 0 atom stereocenters. The van der Waals surface area contributed by atoms with E-state index in [4.69, 9.17) is 15.1 Å². The Morgan fingerprint density at radius 1 is 0.767 bits per heavy atom. The minimum absolute atomic E-state index is 0. The minimum Gasteiger partial charge on any atom is -0.402 e. The molecule has 0 aliphatic heterocycles. The monoisotopic (exact) mass is 462 g/mol. The zero-order chi connectivity index (χ0) is 23.5. The molecule has 0 fully saturated rings. The molecule has 18 heteroatoms. The Kier molecular flexibility index (Phi) is 10.8. The van der Waals surface area contributed by atoms with Crippen molar-refractivity contribution in [3.05, 3.63) is 35.4 Å². The Morgan fingerprint density at radius 2 is 1.13 bits per heavy atom. The van der Waals surface area contributed by atoms with Crippen LogP contribution in [0.3, 0.4) is 0 Å². The summed E-state index contributed by atoms with van der Waals surface area (Å²) in [5.74, 6) is 0. The van der Waals surface area contributed by atoms with Gasteiger partial charge < -0.3 is 19.8 Å². The van der Waals surface area contributed by atoms with Crippen molar-refractivity contribution in [2.45, 2.75) is 30.3 Å². The fourth-order valence-electron chi connectivity index (χ4n) is 1.76.